The molecule has 0 bridgehead atoms. The Hall–Kier alpha value is -4.79. The number of carbonyl (C=O) groups excluding carboxylic acids is 1. The van der Waals surface area contributed by atoms with E-state index in [9.17, 15) is 4.79 Å². The number of hydrogen-bond donors (Lipinski definition) is 0. The number of piperazine rings is 1. The molecule has 3 aliphatic rings. The van der Waals surface area contributed by atoms with Crippen molar-refractivity contribution in [1.82, 2.24) is 9.80 Å². The molecule has 0 atom stereocenters. The lowest BCUT2D eigenvalue weighted by Crippen LogP contribution is -2.49. The molecule has 0 saturated carbocycles. The van der Waals surface area contributed by atoms with Crippen LogP contribution < -0.4 is 4.74 Å². The molecule has 8 heteroatoms. The van der Waals surface area contributed by atoms with Gasteiger partial charge in [0.25, 0.3) is 5.91 Å². The van der Waals surface area contributed by atoms with Gasteiger partial charge in [0.2, 0.25) is 5.90 Å². The summed E-state index contributed by atoms with van der Waals surface area (Å²) in [6, 6.07) is 34.1. The fourth-order valence-electron chi connectivity index (χ4n) is 5.36. The van der Waals surface area contributed by atoms with E-state index in [1.807, 2.05) is 77.7 Å². The van der Waals surface area contributed by atoms with Crippen LogP contribution in [-0.4, -0.2) is 72.8 Å². The van der Waals surface area contributed by atoms with E-state index in [-0.39, 0.29) is 12.5 Å². The molecule has 1 fully saturated rings. The van der Waals surface area contributed by atoms with E-state index in [0.717, 1.165) is 51.0 Å². The minimum atomic E-state index is -0.0572. The fourth-order valence-corrected chi connectivity index (χ4v) is 6.39. The zero-order chi connectivity index (χ0) is 29.9. The van der Waals surface area contributed by atoms with Crippen molar-refractivity contribution in [2.24, 2.45) is 15.0 Å². The zero-order valence-electron chi connectivity index (χ0n) is 24.4. The SMILES string of the molecule is CN1CCN(C(=O)C2=NCC(Oc3ccc(C4=Nc5ccccc5SC(c5ccccc5)=C4)cc3)=Nc3ccccc32)CC1. The number of carbonyl (C=O) groups is 1. The fraction of sp³-hybridized carbons (Fsp3) is 0.167. The second-order valence-electron chi connectivity index (χ2n) is 10.9. The van der Waals surface area contributed by atoms with Gasteiger partial charge in [-0.25, -0.2) is 9.98 Å². The Morgan fingerprint density at radius 1 is 0.750 bits per heavy atom. The smallest absolute Gasteiger partial charge is 0.272 e. The molecule has 0 radical (unpaired) electrons. The lowest BCUT2D eigenvalue weighted by molar-refractivity contribution is -0.125. The number of amides is 1. The first kappa shape index (κ1) is 28.0. The van der Waals surface area contributed by atoms with Crippen LogP contribution in [-0.2, 0) is 4.79 Å². The average molecular weight is 598 g/mol. The Bertz CT molecular complexity index is 1820. The number of thioether (sulfide) groups is 1. The van der Waals surface area contributed by atoms with E-state index >= 15 is 0 Å². The number of ether oxygens (including phenoxy) is 1. The van der Waals surface area contributed by atoms with Crippen molar-refractivity contribution in [1.29, 1.82) is 0 Å². The number of rotatable bonds is 4. The molecule has 3 heterocycles. The van der Waals surface area contributed by atoms with E-state index in [1.54, 1.807) is 11.8 Å². The third kappa shape index (κ3) is 6.00. The summed E-state index contributed by atoms with van der Waals surface area (Å²) < 4.78 is 6.25. The highest BCUT2D eigenvalue weighted by Gasteiger charge is 2.27. The van der Waals surface area contributed by atoms with E-state index in [1.165, 1.54) is 0 Å². The van der Waals surface area contributed by atoms with Gasteiger partial charge < -0.3 is 14.5 Å². The number of hydrogen-bond acceptors (Lipinski definition) is 7. The van der Waals surface area contributed by atoms with Gasteiger partial charge in [-0.3, -0.25) is 9.79 Å². The van der Waals surface area contributed by atoms with Crippen LogP contribution in [0.3, 0.4) is 0 Å². The van der Waals surface area contributed by atoms with Crippen LogP contribution in [0.15, 0.2) is 129 Å². The van der Waals surface area contributed by atoms with Gasteiger partial charge in [-0.1, -0.05) is 72.4 Å². The molecule has 7 nitrogen and oxygen atoms in total. The molecule has 1 saturated heterocycles. The molecular weight excluding hydrogens is 566 g/mol. The van der Waals surface area contributed by atoms with Crippen LogP contribution in [0.5, 0.6) is 5.75 Å². The van der Waals surface area contributed by atoms with E-state index < -0.39 is 0 Å². The minimum absolute atomic E-state index is 0.0572. The quantitative estimate of drug-likeness (QED) is 0.265. The van der Waals surface area contributed by atoms with Crippen molar-refractivity contribution in [3.05, 3.63) is 126 Å². The van der Waals surface area contributed by atoms with Gasteiger partial charge in [-0.2, -0.15) is 0 Å². The Morgan fingerprint density at radius 3 is 2.25 bits per heavy atom. The first-order chi connectivity index (χ1) is 21.6. The first-order valence-corrected chi connectivity index (χ1v) is 15.5. The number of likely N-dealkylation sites (N-methyl/N-ethyl adjacent to an activating group) is 1. The molecule has 44 heavy (non-hydrogen) atoms. The van der Waals surface area contributed by atoms with Crippen molar-refractivity contribution in [3.8, 4) is 5.75 Å². The van der Waals surface area contributed by atoms with Gasteiger partial charge >= 0.3 is 0 Å². The maximum Gasteiger partial charge on any atom is 0.272 e. The van der Waals surface area contributed by atoms with Crippen molar-refractivity contribution in [3.63, 3.8) is 0 Å². The van der Waals surface area contributed by atoms with Crippen molar-refractivity contribution in [2.45, 2.75) is 4.90 Å². The predicted octanol–water partition coefficient (Wildman–Crippen LogP) is 6.64. The highest BCUT2D eigenvalue weighted by molar-refractivity contribution is 8.08. The van der Waals surface area contributed by atoms with Crippen molar-refractivity contribution in [2.75, 3.05) is 39.8 Å². The van der Waals surface area contributed by atoms with Gasteiger partial charge in [-0.15, -0.1) is 0 Å². The molecule has 1 amide bonds. The lowest BCUT2D eigenvalue weighted by atomic mass is 10.1. The molecule has 218 valence electrons. The largest absolute Gasteiger partial charge is 0.441 e. The van der Waals surface area contributed by atoms with Crippen LogP contribution in [0.4, 0.5) is 11.4 Å². The molecule has 0 unspecified atom stereocenters. The van der Waals surface area contributed by atoms with Gasteiger partial charge in [0.1, 0.15) is 18.0 Å². The number of para-hydroxylation sites is 2. The van der Waals surface area contributed by atoms with Crippen LogP contribution in [0, 0.1) is 0 Å². The lowest BCUT2D eigenvalue weighted by Gasteiger charge is -2.32. The molecule has 0 spiro atoms. The van der Waals surface area contributed by atoms with Gasteiger partial charge in [0.05, 0.1) is 17.1 Å². The summed E-state index contributed by atoms with van der Waals surface area (Å²) in [5.74, 6) is 1.03. The Labute approximate surface area is 261 Å². The van der Waals surface area contributed by atoms with E-state index in [2.05, 4.69) is 48.4 Å². The third-order valence-corrected chi connectivity index (χ3v) is 8.95. The zero-order valence-corrected chi connectivity index (χ0v) is 25.2. The van der Waals surface area contributed by atoms with Crippen molar-refractivity contribution >= 4 is 51.3 Å². The predicted molar refractivity (Wildman–Crippen MR) is 179 cm³/mol. The highest BCUT2D eigenvalue weighted by Crippen LogP contribution is 2.42. The Kier molecular flexibility index (Phi) is 7.92. The van der Waals surface area contributed by atoms with Gasteiger partial charge in [0.15, 0.2) is 0 Å². The number of nitrogens with zero attached hydrogens (tertiary/aromatic N) is 5. The first-order valence-electron chi connectivity index (χ1n) is 14.7. The molecule has 0 aliphatic carbocycles. The van der Waals surface area contributed by atoms with Crippen LogP contribution in [0.2, 0.25) is 0 Å². The van der Waals surface area contributed by atoms with Crippen molar-refractivity contribution < 1.29 is 9.53 Å². The average Bonchev–Trinajstić information content (AvgIpc) is 3.38. The molecule has 4 aromatic rings. The topological polar surface area (TPSA) is 69.9 Å². The second-order valence-corrected chi connectivity index (χ2v) is 11.9. The van der Waals surface area contributed by atoms with Gasteiger partial charge in [-0.05, 0) is 61.2 Å². The second kappa shape index (κ2) is 12.4. The standard InChI is InChI=1S/C36H31N5O2S/c1-40-19-21-41(22-20-40)36(42)35-28-11-5-6-12-29(28)39-34(24-37-35)43-27-17-15-25(16-18-27)31-23-33(26-9-3-2-4-10-26)44-32-14-8-7-13-30(32)38-31/h2-18,23H,19-22,24H2,1H3. The number of allylic oxidation sites excluding steroid dienone is 1. The number of benzene rings is 4. The van der Waals surface area contributed by atoms with Crippen LogP contribution in [0.1, 0.15) is 16.7 Å². The van der Waals surface area contributed by atoms with Gasteiger partial charge in [0, 0.05) is 47.1 Å². The normalized spacial score (nSPS) is 16.7. The summed E-state index contributed by atoms with van der Waals surface area (Å²) in [6.45, 7) is 3.25. The summed E-state index contributed by atoms with van der Waals surface area (Å²) in [5, 5.41) is 0. The maximum absolute atomic E-state index is 13.5. The van der Waals surface area contributed by atoms with Crippen LogP contribution in [0.25, 0.3) is 4.91 Å². The minimum Gasteiger partial charge on any atom is -0.441 e. The molecule has 3 aliphatic heterocycles. The Morgan fingerprint density at radius 2 is 1.45 bits per heavy atom. The summed E-state index contributed by atoms with van der Waals surface area (Å²) >= 11 is 1.73. The molecule has 0 aromatic heterocycles. The summed E-state index contributed by atoms with van der Waals surface area (Å²) in [4.78, 5) is 34.4. The van der Waals surface area contributed by atoms with Crippen LogP contribution >= 0.6 is 11.8 Å². The molecule has 7 rings (SSSR count). The third-order valence-electron chi connectivity index (χ3n) is 7.81. The summed E-state index contributed by atoms with van der Waals surface area (Å²) in [6.07, 6.45) is 2.15. The highest BCUT2D eigenvalue weighted by atomic mass is 32.2. The molecule has 4 aromatic carbocycles. The maximum atomic E-state index is 13.5. The Balaban J connectivity index is 1.14. The summed E-state index contributed by atoms with van der Waals surface area (Å²) in [5.41, 5.74) is 5.81. The molecule has 0 N–H and O–H groups in total. The summed E-state index contributed by atoms with van der Waals surface area (Å²) in [7, 11) is 2.07. The van der Waals surface area contributed by atoms with E-state index in [0.29, 0.717) is 36.1 Å². The monoisotopic (exact) mass is 597 g/mol. The molecular formula is C36H31N5O2S. The van der Waals surface area contributed by atoms with E-state index in [4.69, 9.17) is 19.7 Å². The number of aliphatic imine (C=N–C) groups is 3. The number of fused-ring (bicyclic) bond motifs is 2.